The Morgan fingerprint density at radius 3 is 2.50 bits per heavy atom. The summed E-state index contributed by atoms with van der Waals surface area (Å²) in [5.41, 5.74) is 3.91. The van der Waals surface area contributed by atoms with Crippen molar-refractivity contribution < 1.29 is 4.52 Å². The molecule has 0 fully saturated rings. The molecule has 0 bridgehead atoms. The van der Waals surface area contributed by atoms with Crippen LogP contribution < -0.4 is 0 Å². The fourth-order valence-corrected chi connectivity index (χ4v) is 2.05. The zero-order chi connectivity index (χ0) is 12.7. The zero-order valence-electron chi connectivity index (χ0n) is 9.94. The third-order valence-electron chi connectivity index (χ3n) is 2.71. The van der Waals surface area contributed by atoms with Crippen molar-refractivity contribution >= 4 is 22.7 Å². The number of nitrogens with zero attached hydrogens (tertiary/aromatic N) is 3. The molecular weight excluding hydrogens is 250 g/mol. The topological polar surface area (TPSA) is 51.8 Å². The minimum Gasteiger partial charge on any atom is -0.351 e. The summed E-state index contributed by atoms with van der Waals surface area (Å²) in [4.78, 5) is 8.39. The van der Waals surface area contributed by atoms with E-state index in [2.05, 4.69) is 15.1 Å². The first-order chi connectivity index (χ1) is 8.65. The molecule has 0 spiro atoms. The lowest BCUT2D eigenvalue weighted by Crippen LogP contribution is -1.89. The summed E-state index contributed by atoms with van der Waals surface area (Å²) >= 11 is 6.00. The minimum atomic E-state index is 0.295. The lowest BCUT2D eigenvalue weighted by atomic mass is 10.1. The molecule has 18 heavy (non-hydrogen) atoms. The fraction of sp³-hybridized carbons (Fsp3) is 0.154. The van der Waals surface area contributed by atoms with Gasteiger partial charge >= 0.3 is 0 Å². The molecule has 0 radical (unpaired) electrons. The predicted molar refractivity (Wildman–Crippen MR) is 69.5 cm³/mol. The molecule has 5 heteroatoms. The first-order valence-electron chi connectivity index (χ1n) is 5.52. The average molecular weight is 260 g/mol. The summed E-state index contributed by atoms with van der Waals surface area (Å²) in [6, 6.07) is 8.01. The number of hydrogen-bond donors (Lipinski definition) is 0. The summed E-state index contributed by atoms with van der Waals surface area (Å²) in [5, 5.41) is 4.33. The maximum Gasteiger partial charge on any atom is 0.223 e. The van der Waals surface area contributed by atoms with E-state index >= 15 is 0 Å². The van der Waals surface area contributed by atoms with Gasteiger partial charge in [0.2, 0.25) is 5.58 Å². The Bertz CT molecular complexity index is 719. The Balaban J connectivity index is 2.27. The Morgan fingerprint density at radius 2 is 1.78 bits per heavy atom. The molecule has 0 aliphatic rings. The molecule has 0 unspecified atom stereocenters. The van der Waals surface area contributed by atoms with Crippen LogP contribution in [-0.2, 0) is 0 Å². The molecule has 0 N–H and O–H groups in total. The van der Waals surface area contributed by atoms with Crippen LogP contribution in [0.5, 0.6) is 0 Å². The second-order valence-electron chi connectivity index (χ2n) is 4.14. The van der Waals surface area contributed by atoms with Crippen LogP contribution in [0, 0.1) is 13.8 Å². The van der Waals surface area contributed by atoms with Crippen LogP contribution in [0.15, 0.2) is 28.8 Å². The van der Waals surface area contributed by atoms with Gasteiger partial charge in [0.25, 0.3) is 0 Å². The summed E-state index contributed by atoms with van der Waals surface area (Å²) in [7, 11) is 0. The van der Waals surface area contributed by atoms with Crippen molar-refractivity contribution in [1.82, 2.24) is 15.1 Å². The SMILES string of the molecule is Cc1ccc(-c2noc3c(Cl)nc(C)nc23)cc1. The maximum absolute atomic E-state index is 6.00. The smallest absolute Gasteiger partial charge is 0.223 e. The highest BCUT2D eigenvalue weighted by atomic mass is 35.5. The third kappa shape index (κ3) is 1.75. The van der Waals surface area contributed by atoms with Gasteiger partial charge in [-0.15, -0.1) is 0 Å². The third-order valence-corrected chi connectivity index (χ3v) is 2.97. The average Bonchev–Trinajstić information content (AvgIpc) is 2.74. The molecule has 2 heterocycles. The van der Waals surface area contributed by atoms with E-state index in [1.54, 1.807) is 6.92 Å². The van der Waals surface area contributed by atoms with Gasteiger partial charge in [0.1, 0.15) is 17.0 Å². The van der Waals surface area contributed by atoms with Gasteiger partial charge in [-0.3, -0.25) is 0 Å². The van der Waals surface area contributed by atoms with E-state index in [9.17, 15) is 0 Å². The van der Waals surface area contributed by atoms with Gasteiger partial charge in [0.05, 0.1) is 0 Å². The maximum atomic E-state index is 6.00. The first kappa shape index (κ1) is 11.2. The van der Waals surface area contributed by atoms with Crippen molar-refractivity contribution in [2.75, 3.05) is 0 Å². The zero-order valence-corrected chi connectivity index (χ0v) is 10.7. The highest BCUT2D eigenvalue weighted by Gasteiger charge is 2.15. The normalized spacial score (nSPS) is 11.1. The molecule has 0 saturated heterocycles. The second kappa shape index (κ2) is 4.07. The summed E-state index contributed by atoms with van der Waals surface area (Å²) in [5.74, 6) is 0.601. The van der Waals surface area contributed by atoms with E-state index in [4.69, 9.17) is 16.1 Å². The largest absolute Gasteiger partial charge is 0.351 e. The van der Waals surface area contributed by atoms with Crippen LogP contribution in [0.2, 0.25) is 5.15 Å². The van der Waals surface area contributed by atoms with Crippen LogP contribution in [0.25, 0.3) is 22.4 Å². The molecule has 1 aromatic carbocycles. The highest BCUT2D eigenvalue weighted by molar-refractivity contribution is 6.33. The van der Waals surface area contributed by atoms with E-state index in [1.807, 2.05) is 31.2 Å². The van der Waals surface area contributed by atoms with Crippen molar-refractivity contribution in [1.29, 1.82) is 0 Å². The molecule has 0 saturated carbocycles. The number of aryl methyl sites for hydroxylation is 2. The molecule has 90 valence electrons. The number of benzene rings is 1. The molecule has 0 aliphatic heterocycles. The minimum absolute atomic E-state index is 0.295. The van der Waals surface area contributed by atoms with Gasteiger partial charge in [0, 0.05) is 5.56 Å². The molecule has 3 rings (SSSR count). The molecular formula is C13H10ClN3O. The van der Waals surface area contributed by atoms with E-state index in [0.29, 0.717) is 27.8 Å². The lowest BCUT2D eigenvalue weighted by molar-refractivity contribution is 0.458. The van der Waals surface area contributed by atoms with Crippen molar-refractivity contribution in [3.8, 4) is 11.3 Å². The molecule has 3 aromatic rings. The van der Waals surface area contributed by atoms with E-state index in [-0.39, 0.29) is 0 Å². The van der Waals surface area contributed by atoms with E-state index in [1.165, 1.54) is 5.56 Å². The van der Waals surface area contributed by atoms with E-state index < -0.39 is 0 Å². The highest BCUT2D eigenvalue weighted by Crippen LogP contribution is 2.29. The summed E-state index contributed by atoms with van der Waals surface area (Å²) in [6.07, 6.45) is 0. The number of aromatic nitrogens is 3. The quantitative estimate of drug-likeness (QED) is 0.627. The molecule has 0 aliphatic carbocycles. The molecule has 0 amide bonds. The fourth-order valence-electron chi connectivity index (χ4n) is 1.80. The van der Waals surface area contributed by atoms with Crippen molar-refractivity contribution in [3.63, 3.8) is 0 Å². The van der Waals surface area contributed by atoms with E-state index in [0.717, 1.165) is 5.56 Å². The Labute approximate surface area is 109 Å². The number of rotatable bonds is 1. The van der Waals surface area contributed by atoms with Crippen LogP contribution in [0.4, 0.5) is 0 Å². The van der Waals surface area contributed by atoms with Gasteiger partial charge in [-0.25, -0.2) is 9.97 Å². The Morgan fingerprint density at radius 1 is 1.06 bits per heavy atom. The van der Waals surface area contributed by atoms with Gasteiger partial charge in [0.15, 0.2) is 5.15 Å². The molecule has 2 aromatic heterocycles. The summed E-state index contributed by atoms with van der Waals surface area (Å²) < 4.78 is 5.21. The standard InChI is InChI=1S/C13H10ClN3O/c1-7-3-5-9(6-4-7)10-11-12(18-17-10)13(14)16-8(2)15-11/h3-6H,1-2H3. The van der Waals surface area contributed by atoms with Crippen molar-refractivity contribution in [2.45, 2.75) is 13.8 Å². The first-order valence-corrected chi connectivity index (χ1v) is 5.89. The number of hydrogen-bond acceptors (Lipinski definition) is 4. The predicted octanol–water partition coefficient (Wildman–Crippen LogP) is 3.56. The second-order valence-corrected chi connectivity index (χ2v) is 4.49. The van der Waals surface area contributed by atoms with Crippen molar-refractivity contribution in [2.24, 2.45) is 0 Å². The van der Waals surface area contributed by atoms with Gasteiger partial charge in [-0.05, 0) is 13.8 Å². The van der Waals surface area contributed by atoms with Gasteiger partial charge in [-0.1, -0.05) is 46.6 Å². The number of halogens is 1. The van der Waals surface area contributed by atoms with Crippen LogP contribution in [0.1, 0.15) is 11.4 Å². The van der Waals surface area contributed by atoms with Crippen LogP contribution in [-0.4, -0.2) is 15.1 Å². The van der Waals surface area contributed by atoms with Crippen LogP contribution in [0.3, 0.4) is 0 Å². The number of fused-ring (bicyclic) bond motifs is 1. The lowest BCUT2D eigenvalue weighted by Gasteiger charge is -1.98. The van der Waals surface area contributed by atoms with Gasteiger partial charge < -0.3 is 4.52 Å². The summed E-state index contributed by atoms with van der Waals surface area (Å²) in [6.45, 7) is 3.82. The Kier molecular flexibility index (Phi) is 2.52. The Hall–Kier alpha value is -1.94. The van der Waals surface area contributed by atoms with Crippen LogP contribution >= 0.6 is 11.6 Å². The molecule has 0 atom stereocenters. The van der Waals surface area contributed by atoms with Crippen molar-refractivity contribution in [3.05, 3.63) is 40.8 Å². The van der Waals surface area contributed by atoms with Gasteiger partial charge in [-0.2, -0.15) is 0 Å². The monoisotopic (exact) mass is 259 g/mol. The molecule has 4 nitrogen and oxygen atoms in total.